The third-order valence-electron chi connectivity index (χ3n) is 8.58. The number of hydrogen-bond acceptors (Lipinski definition) is 4. The molecule has 6 nitrogen and oxygen atoms in total. The molecule has 0 saturated heterocycles. The second-order valence-corrected chi connectivity index (χ2v) is 13.2. The number of carboxylic acids is 1. The van der Waals surface area contributed by atoms with E-state index in [1.54, 1.807) is 0 Å². The minimum Gasteiger partial charge on any atom is -0.480 e. The molecule has 0 fully saturated rings. The van der Waals surface area contributed by atoms with Crippen molar-refractivity contribution < 1.29 is 24.2 Å². The Morgan fingerprint density at radius 2 is 1.00 bits per heavy atom. The molecule has 1 amide bonds. The van der Waals surface area contributed by atoms with Gasteiger partial charge in [0.25, 0.3) is 0 Å². The van der Waals surface area contributed by atoms with Gasteiger partial charge in [0.05, 0.1) is 0 Å². The fraction of sp³-hybridized carbons (Fsp3) is 0.825. The van der Waals surface area contributed by atoms with Crippen molar-refractivity contribution in [3.8, 4) is 0 Å². The predicted molar refractivity (Wildman–Crippen MR) is 194 cm³/mol. The molecule has 0 saturated carbocycles. The second-order valence-electron chi connectivity index (χ2n) is 13.2. The summed E-state index contributed by atoms with van der Waals surface area (Å²) in [5, 5.41) is 11.1. The molecular formula is C40H73NO5. The summed E-state index contributed by atoms with van der Waals surface area (Å²) < 4.78 is 5.89. The summed E-state index contributed by atoms with van der Waals surface area (Å²) in [6.45, 7) is 4.19. The highest BCUT2D eigenvalue weighted by atomic mass is 16.5. The smallest absolute Gasteiger partial charge is 0.322 e. The summed E-state index contributed by atoms with van der Waals surface area (Å²) in [5.41, 5.74) is 0. The first-order valence-electron chi connectivity index (χ1n) is 19.5. The molecule has 0 radical (unpaired) electrons. The lowest BCUT2D eigenvalue weighted by molar-refractivity contribution is -0.147. The molecule has 2 N–H and O–H groups in total. The summed E-state index contributed by atoms with van der Waals surface area (Å²) in [5.74, 6) is -1.33. The summed E-state index contributed by atoms with van der Waals surface area (Å²) in [6.07, 6.45) is 41.6. The van der Waals surface area contributed by atoms with E-state index in [2.05, 4.69) is 43.5 Å². The van der Waals surface area contributed by atoms with E-state index < -0.39 is 5.97 Å². The average Bonchev–Trinajstić information content (AvgIpc) is 3.04. The Kier molecular flexibility index (Phi) is 34.1. The number of carboxylic acid groups (broad SMARTS) is 1. The standard InChI is InChI=1S/C40H73NO5/c1-3-5-7-9-11-13-14-15-16-17-18-19-21-23-25-31-35-40(45)46-37(32-28-24-22-20-12-10-8-6-4-2)33-29-26-27-30-34-38(42)41-36-39(43)44/h16-17,28,32,37H,3-15,18-27,29-31,33-36H2,1-2H3,(H,41,42)(H,43,44)/b17-16-,32-28-. The van der Waals surface area contributed by atoms with E-state index in [9.17, 15) is 14.4 Å². The molecular weight excluding hydrogens is 574 g/mol. The van der Waals surface area contributed by atoms with Crippen molar-refractivity contribution in [1.82, 2.24) is 5.32 Å². The van der Waals surface area contributed by atoms with E-state index in [1.165, 1.54) is 122 Å². The first kappa shape index (κ1) is 43.9. The van der Waals surface area contributed by atoms with Crippen LogP contribution in [0.2, 0.25) is 0 Å². The molecule has 0 rings (SSSR count). The number of carbonyl (C=O) groups is 3. The van der Waals surface area contributed by atoms with Crippen molar-refractivity contribution in [1.29, 1.82) is 0 Å². The lowest BCUT2D eigenvalue weighted by Gasteiger charge is -2.15. The normalized spacial score (nSPS) is 12.2. The van der Waals surface area contributed by atoms with Gasteiger partial charge in [0.1, 0.15) is 12.6 Å². The number of allylic oxidation sites excluding steroid dienone is 3. The van der Waals surface area contributed by atoms with Gasteiger partial charge in [-0.25, -0.2) is 0 Å². The molecule has 0 bridgehead atoms. The first-order chi connectivity index (χ1) is 22.5. The van der Waals surface area contributed by atoms with Gasteiger partial charge in [-0.1, -0.05) is 141 Å². The lowest BCUT2D eigenvalue weighted by atomic mass is 10.1. The van der Waals surface area contributed by atoms with Crippen LogP contribution in [-0.4, -0.2) is 35.6 Å². The quantitative estimate of drug-likeness (QED) is 0.0405. The fourth-order valence-corrected chi connectivity index (χ4v) is 5.65. The molecule has 1 atom stereocenters. The minimum atomic E-state index is -1.03. The number of nitrogens with one attached hydrogen (secondary N) is 1. The van der Waals surface area contributed by atoms with Crippen LogP contribution in [0, 0.1) is 0 Å². The van der Waals surface area contributed by atoms with Crippen LogP contribution in [-0.2, 0) is 19.1 Å². The number of esters is 1. The van der Waals surface area contributed by atoms with Crippen LogP contribution in [0.15, 0.2) is 24.3 Å². The van der Waals surface area contributed by atoms with E-state index >= 15 is 0 Å². The highest BCUT2D eigenvalue weighted by molar-refractivity contribution is 5.80. The van der Waals surface area contributed by atoms with Gasteiger partial charge in [-0.15, -0.1) is 0 Å². The van der Waals surface area contributed by atoms with Gasteiger partial charge in [-0.05, 0) is 70.3 Å². The monoisotopic (exact) mass is 648 g/mol. The second kappa shape index (κ2) is 35.7. The Labute approximate surface area is 284 Å². The maximum atomic E-state index is 12.6. The molecule has 1 unspecified atom stereocenters. The molecule has 6 heteroatoms. The Hall–Kier alpha value is -2.11. The van der Waals surface area contributed by atoms with Gasteiger partial charge in [0.2, 0.25) is 5.91 Å². The topological polar surface area (TPSA) is 92.7 Å². The highest BCUT2D eigenvalue weighted by Gasteiger charge is 2.12. The van der Waals surface area contributed by atoms with Crippen LogP contribution in [0.3, 0.4) is 0 Å². The molecule has 0 aromatic rings. The molecule has 0 aliphatic carbocycles. The lowest BCUT2D eigenvalue weighted by Crippen LogP contribution is -2.28. The van der Waals surface area contributed by atoms with Gasteiger partial charge in [0, 0.05) is 12.8 Å². The molecule has 0 spiro atoms. The largest absolute Gasteiger partial charge is 0.480 e. The van der Waals surface area contributed by atoms with E-state index in [1.807, 2.05) is 0 Å². The van der Waals surface area contributed by atoms with Crippen molar-refractivity contribution in [3.05, 3.63) is 24.3 Å². The van der Waals surface area contributed by atoms with Crippen molar-refractivity contribution in [2.24, 2.45) is 0 Å². The molecule has 0 aromatic carbocycles. The Morgan fingerprint density at radius 3 is 1.52 bits per heavy atom. The third-order valence-corrected chi connectivity index (χ3v) is 8.58. The van der Waals surface area contributed by atoms with Crippen molar-refractivity contribution in [3.63, 3.8) is 0 Å². The maximum absolute atomic E-state index is 12.6. The number of unbranched alkanes of at least 4 members (excludes halogenated alkanes) is 22. The van der Waals surface area contributed by atoms with Crippen LogP contribution in [0.1, 0.15) is 200 Å². The Balaban J connectivity index is 4.15. The number of aliphatic carboxylic acids is 1. The van der Waals surface area contributed by atoms with Gasteiger partial charge in [-0.3, -0.25) is 14.4 Å². The van der Waals surface area contributed by atoms with E-state index in [4.69, 9.17) is 9.84 Å². The van der Waals surface area contributed by atoms with Crippen molar-refractivity contribution in [2.45, 2.75) is 206 Å². The minimum absolute atomic E-state index is 0.0889. The molecule has 0 aliphatic rings. The molecule has 0 aliphatic heterocycles. The number of hydrogen-bond donors (Lipinski definition) is 2. The Bertz CT molecular complexity index is 763. The first-order valence-corrected chi connectivity index (χ1v) is 19.5. The molecule has 0 heterocycles. The van der Waals surface area contributed by atoms with E-state index in [0.29, 0.717) is 12.8 Å². The van der Waals surface area contributed by atoms with E-state index in [0.717, 1.165) is 51.4 Å². The van der Waals surface area contributed by atoms with Crippen LogP contribution in [0.5, 0.6) is 0 Å². The van der Waals surface area contributed by atoms with Crippen molar-refractivity contribution in [2.75, 3.05) is 6.54 Å². The average molecular weight is 648 g/mol. The van der Waals surface area contributed by atoms with Crippen LogP contribution >= 0.6 is 0 Å². The maximum Gasteiger partial charge on any atom is 0.322 e. The highest BCUT2D eigenvalue weighted by Crippen LogP contribution is 2.15. The van der Waals surface area contributed by atoms with Gasteiger partial charge in [-0.2, -0.15) is 0 Å². The van der Waals surface area contributed by atoms with Crippen LogP contribution < -0.4 is 5.32 Å². The number of rotatable bonds is 35. The summed E-state index contributed by atoms with van der Waals surface area (Å²) in [4.78, 5) is 34.9. The number of amides is 1. The predicted octanol–water partition coefficient (Wildman–Crippen LogP) is 11.6. The van der Waals surface area contributed by atoms with Crippen LogP contribution in [0.4, 0.5) is 0 Å². The number of ether oxygens (including phenoxy) is 1. The van der Waals surface area contributed by atoms with Gasteiger partial charge >= 0.3 is 11.9 Å². The van der Waals surface area contributed by atoms with Crippen molar-refractivity contribution >= 4 is 17.8 Å². The SMILES string of the molecule is CCCCCCCCC/C=C\CCCCCCCC(=O)OC(/C=C\CCCCCCCCC)CCCCCCC(=O)NCC(=O)O. The zero-order valence-electron chi connectivity index (χ0n) is 30.2. The Morgan fingerprint density at radius 1 is 0.565 bits per heavy atom. The molecule has 0 aromatic heterocycles. The zero-order valence-corrected chi connectivity index (χ0v) is 30.2. The van der Waals surface area contributed by atoms with E-state index in [-0.39, 0.29) is 24.5 Å². The summed E-state index contributed by atoms with van der Waals surface area (Å²) >= 11 is 0. The number of carbonyl (C=O) groups excluding carboxylic acids is 2. The van der Waals surface area contributed by atoms with Gasteiger partial charge < -0.3 is 15.2 Å². The third kappa shape index (κ3) is 34.8. The van der Waals surface area contributed by atoms with Gasteiger partial charge in [0.15, 0.2) is 0 Å². The molecule has 46 heavy (non-hydrogen) atoms. The fourth-order valence-electron chi connectivity index (χ4n) is 5.65. The van der Waals surface area contributed by atoms with Crippen LogP contribution in [0.25, 0.3) is 0 Å². The summed E-state index contributed by atoms with van der Waals surface area (Å²) in [7, 11) is 0. The summed E-state index contributed by atoms with van der Waals surface area (Å²) in [6, 6.07) is 0. The molecule has 268 valence electrons. The zero-order chi connectivity index (χ0) is 33.8.